The van der Waals surface area contributed by atoms with Gasteiger partial charge in [-0.3, -0.25) is 4.79 Å². The molecule has 3 aromatic carbocycles. The molecule has 0 fully saturated rings. The largest absolute Gasteiger partial charge is 0.438 e. The average molecular weight is 350 g/mol. The van der Waals surface area contributed by atoms with E-state index in [0.717, 1.165) is 5.56 Å². The Hall–Kier alpha value is -2.64. The first kappa shape index (κ1) is 17.2. The lowest BCUT2D eigenvalue weighted by atomic mass is 10.1. The molecule has 126 valence electrons. The smallest absolute Gasteiger partial charge is 0.306 e. The number of rotatable bonds is 7. The van der Waals surface area contributed by atoms with E-state index in [-0.39, 0.29) is 5.78 Å². The molecule has 1 unspecified atom stereocenters. The standard InChI is InChI=1S/C21H19O3P/c1-17(22)21(18-11-5-2-6-12-18)25(23-19-13-7-3-8-14-19)24-20-15-9-4-10-16-20/h2-16,21H,1H3. The van der Waals surface area contributed by atoms with Crippen molar-refractivity contribution in [3.05, 3.63) is 96.6 Å². The SMILES string of the molecule is CC(=O)C(c1ccccc1)P(Oc1ccccc1)Oc1ccccc1. The van der Waals surface area contributed by atoms with Crippen LogP contribution in [0.3, 0.4) is 0 Å². The summed E-state index contributed by atoms with van der Waals surface area (Å²) in [4.78, 5) is 12.4. The highest BCUT2D eigenvalue weighted by Gasteiger charge is 2.33. The summed E-state index contributed by atoms with van der Waals surface area (Å²) in [5, 5.41) is 0. The fourth-order valence-corrected chi connectivity index (χ4v) is 4.05. The quantitative estimate of drug-likeness (QED) is 0.506. The van der Waals surface area contributed by atoms with Gasteiger partial charge in [0.2, 0.25) is 0 Å². The van der Waals surface area contributed by atoms with E-state index in [1.165, 1.54) is 0 Å². The fraction of sp³-hybridized carbons (Fsp3) is 0.0952. The Morgan fingerprint density at radius 3 is 1.52 bits per heavy atom. The van der Waals surface area contributed by atoms with Gasteiger partial charge in [-0.25, -0.2) is 0 Å². The third kappa shape index (κ3) is 4.68. The molecule has 0 saturated heterocycles. The second-order valence-electron chi connectivity index (χ2n) is 5.52. The number of hydrogen-bond donors (Lipinski definition) is 0. The van der Waals surface area contributed by atoms with Crippen molar-refractivity contribution in [3.8, 4) is 11.5 Å². The molecule has 0 saturated carbocycles. The van der Waals surface area contributed by atoms with Crippen molar-refractivity contribution in [1.29, 1.82) is 0 Å². The summed E-state index contributed by atoms with van der Waals surface area (Å²) in [7, 11) is -1.54. The molecule has 3 rings (SSSR count). The first-order valence-corrected chi connectivity index (χ1v) is 9.29. The van der Waals surface area contributed by atoms with Crippen molar-refractivity contribution in [2.75, 3.05) is 0 Å². The van der Waals surface area contributed by atoms with Gasteiger partial charge >= 0.3 is 8.38 Å². The van der Waals surface area contributed by atoms with Crippen LogP contribution in [0.5, 0.6) is 11.5 Å². The van der Waals surface area contributed by atoms with E-state index in [1.807, 2.05) is 91.0 Å². The summed E-state index contributed by atoms with van der Waals surface area (Å²) >= 11 is 0. The monoisotopic (exact) mass is 350 g/mol. The van der Waals surface area contributed by atoms with Crippen molar-refractivity contribution in [1.82, 2.24) is 0 Å². The third-order valence-corrected chi connectivity index (χ3v) is 5.45. The van der Waals surface area contributed by atoms with Gasteiger partial charge in [-0.2, -0.15) is 0 Å². The molecule has 0 amide bonds. The Balaban J connectivity index is 1.94. The van der Waals surface area contributed by atoms with E-state index < -0.39 is 14.0 Å². The van der Waals surface area contributed by atoms with Gasteiger partial charge in [-0.15, -0.1) is 0 Å². The number of para-hydroxylation sites is 2. The van der Waals surface area contributed by atoms with Crippen LogP contribution in [0.2, 0.25) is 0 Å². The van der Waals surface area contributed by atoms with Gasteiger partial charge in [0.25, 0.3) is 0 Å². The van der Waals surface area contributed by atoms with Crippen LogP contribution in [-0.2, 0) is 4.79 Å². The maximum Gasteiger partial charge on any atom is 0.306 e. The van der Waals surface area contributed by atoms with Gasteiger partial charge < -0.3 is 9.05 Å². The Morgan fingerprint density at radius 2 is 1.12 bits per heavy atom. The molecule has 3 aromatic rings. The number of carbonyl (C=O) groups excluding carboxylic acids is 1. The van der Waals surface area contributed by atoms with Crippen molar-refractivity contribution in [2.24, 2.45) is 0 Å². The first-order chi connectivity index (χ1) is 12.2. The van der Waals surface area contributed by atoms with E-state index in [0.29, 0.717) is 11.5 Å². The number of benzene rings is 3. The Morgan fingerprint density at radius 1 is 0.720 bits per heavy atom. The summed E-state index contributed by atoms with van der Waals surface area (Å²) in [5.74, 6) is 1.39. The highest BCUT2D eigenvalue weighted by Crippen LogP contribution is 2.53. The predicted octanol–water partition coefficient (Wildman–Crippen LogP) is 5.79. The van der Waals surface area contributed by atoms with Gasteiger partial charge in [0, 0.05) is 0 Å². The van der Waals surface area contributed by atoms with Crippen molar-refractivity contribution < 1.29 is 13.8 Å². The number of Topliss-reactive ketones (excluding diaryl/α,β-unsaturated/α-hetero) is 1. The normalized spacial score (nSPS) is 11.8. The summed E-state index contributed by atoms with van der Waals surface area (Å²) in [6.45, 7) is 1.58. The summed E-state index contributed by atoms with van der Waals surface area (Å²) in [6, 6.07) is 28.6. The minimum absolute atomic E-state index is 0.0178. The molecule has 0 heterocycles. The van der Waals surface area contributed by atoms with E-state index in [2.05, 4.69) is 0 Å². The lowest BCUT2D eigenvalue weighted by molar-refractivity contribution is -0.116. The summed E-state index contributed by atoms with van der Waals surface area (Å²) in [6.07, 6.45) is 0. The van der Waals surface area contributed by atoms with Crippen LogP contribution in [0.25, 0.3) is 0 Å². The van der Waals surface area contributed by atoms with Gasteiger partial charge in [0.05, 0.1) is 0 Å². The molecule has 0 bridgehead atoms. The van der Waals surface area contributed by atoms with Crippen molar-refractivity contribution in [3.63, 3.8) is 0 Å². The van der Waals surface area contributed by atoms with Crippen molar-refractivity contribution in [2.45, 2.75) is 12.6 Å². The number of carbonyl (C=O) groups is 1. The Kier molecular flexibility index (Phi) is 5.81. The molecule has 0 spiro atoms. The average Bonchev–Trinajstić information content (AvgIpc) is 2.64. The molecule has 0 aliphatic carbocycles. The molecule has 4 heteroatoms. The minimum atomic E-state index is -1.54. The maximum absolute atomic E-state index is 12.4. The highest BCUT2D eigenvalue weighted by atomic mass is 31.2. The minimum Gasteiger partial charge on any atom is -0.438 e. The molecule has 3 nitrogen and oxygen atoms in total. The Labute approximate surface area is 149 Å². The van der Waals surface area contributed by atoms with E-state index in [4.69, 9.17) is 9.05 Å². The zero-order chi connectivity index (χ0) is 17.5. The van der Waals surface area contributed by atoms with Gasteiger partial charge in [0.1, 0.15) is 22.9 Å². The lowest BCUT2D eigenvalue weighted by Crippen LogP contribution is -2.13. The molecule has 25 heavy (non-hydrogen) atoms. The predicted molar refractivity (Wildman–Crippen MR) is 101 cm³/mol. The summed E-state index contributed by atoms with van der Waals surface area (Å²) in [5.41, 5.74) is 0.435. The van der Waals surface area contributed by atoms with E-state index in [9.17, 15) is 4.79 Å². The van der Waals surface area contributed by atoms with Crippen LogP contribution in [0.15, 0.2) is 91.0 Å². The molecule has 1 atom stereocenters. The van der Waals surface area contributed by atoms with Crippen LogP contribution >= 0.6 is 8.38 Å². The summed E-state index contributed by atoms with van der Waals surface area (Å²) < 4.78 is 12.2. The van der Waals surface area contributed by atoms with Crippen LogP contribution in [0, 0.1) is 0 Å². The van der Waals surface area contributed by atoms with Gasteiger partial charge in [-0.1, -0.05) is 66.7 Å². The molecule has 0 radical (unpaired) electrons. The number of hydrogen-bond acceptors (Lipinski definition) is 3. The second kappa shape index (κ2) is 8.46. The molecule has 0 aliphatic rings. The highest BCUT2D eigenvalue weighted by molar-refractivity contribution is 7.49. The Bertz CT molecular complexity index is 750. The van der Waals surface area contributed by atoms with Gasteiger partial charge in [0.15, 0.2) is 0 Å². The molecule has 0 aromatic heterocycles. The molecular weight excluding hydrogens is 331 g/mol. The maximum atomic E-state index is 12.4. The van der Waals surface area contributed by atoms with E-state index >= 15 is 0 Å². The van der Waals surface area contributed by atoms with Gasteiger partial charge in [-0.05, 0) is 36.8 Å². The van der Waals surface area contributed by atoms with Crippen LogP contribution in [0.1, 0.15) is 18.1 Å². The molecule has 0 N–H and O–H groups in total. The second-order valence-corrected chi connectivity index (χ2v) is 6.97. The zero-order valence-corrected chi connectivity index (χ0v) is 14.8. The third-order valence-electron chi connectivity index (χ3n) is 3.59. The lowest BCUT2D eigenvalue weighted by Gasteiger charge is -2.25. The molecular formula is C21H19O3P. The fourth-order valence-electron chi connectivity index (χ4n) is 2.43. The van der Waals surface area contributed by atoms with Crippen molar-refractivity contribution >= 4 is 14.2 Å². The van der Waals surface area contributed by atoms with E-state index in [1.54, 1.807) is 6.92 Å². The topological polar surface area (TPSA) is 35.5 Å². The molecule has 0 aliphatic heterocycles. The number of ketones is 1. The zero-order valence-electron chi connectivity index (χ0n) is 13.9. The van der Waals surface area contributed by atoms with Crippen LogP contribution in [-0.4, -0.2) is 5.78 Å². The first-order valence-electron chi connectivity index (χ1n) is 8.05. The van der Waals surface area contributed by atoms with Crippen LogP contribution in [0.4, 0.5) is 0 Å². The van der Waals surface area contributed by atoms with Crippen LogP contribution < -0.4 is 9.05 Å².